The molecule has 2 atom stereocenters. The molecule has 4 N–H and O–H groups in total. The molecule has 8 heteroatoms. The van der Waals surface area contributed by atoms with Crippen LogP contribution in [0.5, 0.6) is 0 Å². The van der Waals surface area contributed by atoms with Crippen LogP contribution in [0.2, 0.25) is 0 Å². The van der Waals surface area contributed by atoms with Crippen molar-refractivity contribution in [3.63, 3.8) is 0 Å². The van der Waals surface area contributed by atoms with Crippen LogP contribution in [0.4, 0.5) is 0 Å². The first-order valence-electron chi connectivity index (χ1n) is 5.78. The molecule has 0 aliphatic heterocycles. The summed E-state index contributed by atoms with van der Waals surface area (Å²) in [7, 11) is 0. The molecule has 7 nitrogen and oxygen atoms in total. The Morgan fingerprint density at radius 1 is 1.44 bits per heavy atom. The van der Waals surface area contributed by atoms with E-state index in [2.05, 4.69) is 15.2 Å². The smallest absolute Gasteiger partial charge is 0.243 e. The second-order valence-corrected chi connectivity index (χ2v) is 4.64. The Morgan fingerprint density at radius 2 is 2.11 bits per heavy atom. The first-order chi connectivity index (χ1) is 8.51. The van der Waals surface area contributed by atoms with Crippen LogP contribution in [0.3, 0.4) is 0 Å². The fraction of sp³-hybridized carbons (Fsp3) is 0.800. The summed E-state index contributed by atoms with van der Waals surface area (Å²) in [4.78, 5) is 33.2. The number of rotatable bonds is 9. The number of hydrogen-bond donors (Lipinski definition) is 3. The minimum Gasteiger partial charge on any atom is -0.355 e. The lowest BCUT2D eigenvalue weighted by atomic mass is 10.2. The molecule has 0 rings (SSSR count). The van der Waals surface area contributed by atoms with Crippen LogP contribution in [0.25, 0.3) is 0 Å². The van der Waals surface area contributed by atoms with Gasteiger partial charge in [-0.25, -0.2) is 0 Å². The highest BCUT2D eigenvalue weighted by Crippen LogP contribution is 2.04. The van der Waals surface area contributed by atoms with Gasteiger partial charge in [0.05, 0.1) is 0 Å². The van der Waals surface area contributed by atoms with Gasteiger partial charge in [0.25, 0.3) is 0 Å². The topological polar surface area (TPSA) is 114 Å². The van der Waals surface area contributed by atoms with E-state index < -0.39 is 6.04 Å². The van der Waals surface area contributed by atoms with Gasteiger partial charge in [-0.2, -0.15) is 0 Å². The summed E-state index contributed by atoms with van der Waals surface area (Å²) < 4.78 is 2.61. The Labute approximate surface area is 111 Å². The summed E-state index contributed by atoms with van der Waals surface area (Å²) in [5.41, 5.74) is 5.54. The minimum atomic E-state index is -0.742. The number of nitroso groups, excluding NO2 is 1. The molecule has 0 bridgehead atoms. The van der Waals surface area contributed by atoms with Crippen LogP contribution in [-0.4, -0.2) is 36.2 Å². The predicted octanol–water partition coefficient (Wildman–Crippen LogP) is 0.149. The van der Waals surface area contributed by atoms with Gasteiger partial charge in [-0.1, -0.05) is 0 Å². The van der Waals surface area contributed by atoms with E-state index >= 15 is 0 Å². The minimum absolute atomic E-state index is 0.0651. The highest BCUT2D eigenvalue weighted by molar-refractivity contribution is 7.97. The zero-order valence-corrected chi connectivity index (χ0v) is 11.5. The molecule has 0 aromatic heterocycles. The maximum Gasteiger partial charge on any atom is 0.243 e. The van der Waals surface area contributed by atoms with E-state index in [1.54, 1.807) is 13.8 Å². The summed E-state index contributed by atoms with van der Waals surface area (Å²) in [5, 5.41) is 5.15. The van der Waals surface area contributed by atoms with Gasteiger partial charge in [0.2, 0.25) is 11.8 Å². The highest BCUT2D eigenvalue weighted by Gasteiger charge is 2.20. The van der Waals surface area contributed by atoms with Crippen LogP contribution >= 0.6 is 11.9 Å². The first kappa shape index (κ1) is 16.9. The third-order valence-corrected chi connectivity index (χ3v) is 2.71. The predicted molar refractivity (Wildman–Crippen MR) is 71.8 cm³/mol. The molecule has 0 heterocycles. The lowest BCUT2D eigenvalue weighted by Gasteiger charge is -2.16. The molecular formula is C10H20N4O3S. The van der Waals surface area contributed by atoms with E-state index in [4.69, 9.17) is 5.73 Å². The van der Waals surface area contributed by atoms with Crippen LogP contribution < -0.4 is 16.4 Å². The summed E-state index contributed by atoms with van der Waals surface area (Å²) >= 11 is 0.706. The SMILES string of the molecule is CCNC(=O)[C@H](CSN=O)NC(=O)CC[C@@H](C)N. The Kier molecular flexibility index (Phi) is 9.21. The molecule has 18 heavy (non-hydrogen) atoms. The molecule has 0 saturated carbocycles. The Balaban J connectivity index is 4.25. The molecule has 0 aliphatic rings. The molecule has 0 unspecified atom stereocenters. The Hall–Kier alpha value is -1.15. The number of hydrogen-bond acceptors (Lipinski definition) is 6. The van der Waals surface area contributed by atoms with E-state index in [0.717, 1.165) is 0 Å². The summed E-state index contributed by atoms with van der Waals surface area (Å²) in [6, 6.07) is -0.807. The zero-order valence-electron chi connectivity index (χ0n) is 10.6. The van der Waals surface area contributed by atoms with Gasteiger partial charge in [-0.3, -0.25) is 9.59 Å². The molecule has 0 fully saturated rings. The number of carbonyl (C=O) groups excluding carboxylic acids is 2. The summed E-state index contributed by atoms with van der Waals surface area (Å²) in [6.45, 7) is 4.04. The van der Waals surface area contributed by atoms with Crippen molar-refractivity contribution in [3.8, 4) is 0 Å². The number of nitrogens with one attached hydrogen (secondary N) is 2. The van der Waals surface area contributed by atoms with Crippen molar-refractivity contribution in [2.45, 2.75) is 38.8 Å². The average Bonchev–Trinajstić information content (AvgIpc) is 2.32. The Bertz CT molecular complexity index is 286. The maximum absolute atomic E-state index is 11.6. The fourth-order valence-electron chi connectivity index (χ4n) is 1.21. The molecule has 2 amide bonds. The van der Waals surface area contributed by atoms with Gasteiger partial charge < -0.3 is 16.4 Å². The van der Waals surface area contributed by atoms with Crippen molar-refractivity contribution < 1.29 is 9.59 Å². The maximum atomic E-state index is 11.6. The van der Waals surface area contributed by atoms with Gasteiger partial charge in [-0.15, -0.1) is 4.91 Å². The van der Waals surface area contributed by atoms with Crippen molar-refractivity contribution in [2.24, 2.45) is 10.3 Å². The van der Waals surface area contributed by atoms with Crippen LogP contribution in [0.15, 0.2) is 4.58 Å². The average molecular weight is 276 g/mol. The lowest BCUT2D eigenvalue weighted by Crippen LogP contribution is -2.48. The lowest BCUT2D eigenvalue weighted by molar-refractivity contribution is -0.128. The number of likely N-dealkylation sites (N-methyl/N-ethyl adjacent to an activating group) is 1. The molecule has 0 spiro atoms. The van der Waals surface area contributed by atoms with E-state index in [9.17, 15) is 14.5 Å². The monoisotopic (exact) mass is 276 g/mol. The number of amides is 2. The standard InChI is InChI=1S/C10H20N4O3S/c1-3-12-10(16)8(6-18-14-17)13-9(15)5-4-7(2)11/h7-8H,3-6,11H2,1-2H3,(H,12,16)(H,13,15)/t7-,8+/m1/s1. The van der Waals surface area contributed by atoms with Crippen molar-refractivity contribution in [1.82, 2.24) is 10.6 Å². The third kappa shape index (κ3) is 8.02. The number of nitrogens with zero attached hydrogens (tertiary/aromatic N) is 1. The van der Waals surface area contributed by atoms with Gasteiger partial charge >= 0.3 is 0 Å². The highest BCUT2D eigenvalue weighted by atomic mass is 32.2. The molecule has 0 aromatic rings. The van der Waals surface area contributed by atoms with E-state index in [1.165, 1.54) is 0 Å². The molecule has 0 aliphatic carbocycles. The molecule has 0 aromatic carbocycles. The van der Waals surface area contributed by atoms with Crippen LogP contribution in [0, 0.1) is 4.91 Å². The molecule has 0 saturated heterocycles. The van der Waals surface area contributed by atoms with Crippen molar-refractivity contribution in [3.05, 3.63) is 4.91 Å². The fourth-order valence-corrected chi connectivity index (χ4v) is 1.66. The molecule has 0 radical (unpaired) electrons. The van der Waals surface area contributed by atoms with E-state index in [1.807, 2.05) is 0 Å². The van der Waals surface area contributed by atoms with Crippen LogP contribution in [-0.2, 0) is 9.59 Å². The molecule has 104 valence electrons. The second kappa shape index (κ2) is 9.84. The summed E-state index contributed by atoms with van der Waals surface area (Å²) in [5.74, 6) is -0.447. The largest absolute Gasteiger partial charge is 0.355 e. The van der Waals surface area contributed by atoms with Gasteiger partial charge in [-0.05, 0) is 20.3 Å². The number of carbonyl (C=O) groups is 2. The van der Waals surface area contributed by atoms with Crippen molar-refractivity contribution in [1.29, 1.82) is 0 Å². The van der Waals surface area contributed by atoms with E-state index in [-0.39, 0.29) is 30.0 Å². The third-order valence-electron chi connectivity index (χ3n) is 2.12. The summed E-state index contributed by atoms with van der Waals surface area (Å²) in [6.07, 6.45) is 0.805. The quantitative estimate of drug-likeness (QED) is 0.410. The van der Waals surface area contributed by atoms with Gasteiger partial charge in [0.15, 0.2) is 0 Å². The normalized spacial score (nSPS) is 13.5. The zero-order chi connectivity index (χ0) is 14.0. The van der Waals surface area contributed by atoms with E-state index in [0.29, 0.717) is 24.9 Å². The Morgan fingerprint density at radius 3 is 2.61 bits per heavy atom. The van der Waals surface area contributed by atoms with Gasteiger partial charge in [0, 0.05) is 41.3 Å². The van der Waals surface area contributed by atoms with Crippen LogP contribution in [0.1, 0.15) is 26.7 Å². The first-order valence-corrected chi connectivity index (χ1v) is 6.72. The second-order valence-electron chi connectivity index (χ2n) is 3.90. The number of nitrogens with two attached hydrogens (primary N) is 1. The van der Waals surface area contributed by atoms with Crippen molar-refractivity contribution >= 4 is 23.8 Å². The van der Waals surface area contributed by atoms with Crippen molar-refractivity contribution in [2.75, 3.05) is 12.3 Å². The van der Waals surface area contributed by atoms with Gasteiger partial charge in [0.1, 0.15) is 6.04 Å². The molecular weight excluding hydrogens is 256 g/mol.